The van der Waals surface area contributed by atoms with Gasteiger partial charge in [-0.1, -0.05) is 0 Å². The molecule has 0 fully saturated rings. The summed E-state index contributed by atoms with van der Waals surface area (Å²) >= 11 is 0. The second kappa shape index (κ2) is 3.60. The van der Waals surface area contributed by atoms with Gasteiger partial charge in [-0.05, 0) is 13.8 Å². The van der Waals surface area contributed by atoms with Gasteiger partial charge in [-0.3, -0.25) is 0 Å². The molecule has 0 saturated carbocycles. The topological polar surface area (TPSA) is 29.5 Å². The molecule has 4 heteroatoms. The average molecular weight is 188 g/mol. The Bertz CT molecular complexity index is 324. The van der Waals surface area contributed by atoms with Crippen molar-refractivity contribution < 1.29 is 18.6 Å². The van der Waals surface area contributed by atoms with Crippen molar-refractivity contribution in [3.63, 3.8) is 0 Å². The van der Waals surface area contributed by atoms with Crippen molar-refractivity contribution in [3.8, 4) is 11.5 Å². The lowest BCUT2D eigenvalue weighted by molar-refractivity contribution is 0.299. The summed E-state index contributed by atoms with van der Waals surface area (Å²) in [4.78, 5) is 0. The first kappa shape index (κ1) is 9.77. The van der Waals surface area contributed by atoms with Gasteiger partial charge in [-0.25, -0.2) is 8.78 Å². The highest BCUT2D eigenvalue weighted by Crippen LogP contribution is 2.30. The van der Waals surface area contributed by atoms with E-state index in [0.29, 0.717) is 0 Å². The first-order valence-electron chi connectivity index (χ1n) is 3.88. The van der Waals surface area contributed by atoms with Crippen LogP contribution in [0.4, 0.5) is 8.78 Å². The summed E-state index contributed by atoms with van der Waals surface area (Å²) in [5, 5.41) is 9.04. The number of aromatic hydroxyl groups is 1. The molecule has 72 valence electrons. The molecule has 0 amide bonds. The van der Waals surface area contributed by atoms with Crippen molar-refractivity contribution in [1.82, 2.24) is 0 Å². The summed E-state index contributed by atoms with van der Waals surface area (Å²) in [6, 6.07) is 0.837. The Morgan fingerprint density at radius 2 is 2.08 bits per heavy atom. The van der Waals surface area contributed by atoms with Crippen molar-refractivity contribution in [3.05, 3.63) is 23.3 Å². The van der Waals surface area contributed by atoms with Crippen molar-refractivity contribution in [2.24, 2.45) is 0 Å². The Labute approximate surface area is 74.8 Å². The third-order valence-corrected chi connectivity index (χ3v) is 1.68. The van der Waals surface area contributed by atoms with Gasteiger partial charge in [0.05, 0.1) is 6.61 Å². The van der Waals surface area contributed by atoms with E-state index in [1.54, 1.807) is 6.92 Å². The lowest BCUT2D eigenvalue weighted by Gasteiger charge is -2.08. The van der Waals surface area contributed by atoms with Crippen LogP contribution >= 0.6 is 0 Å². The second-order valence-electron chi connectivity index (χ2n) is 2.58. The first-order chi connectivity index (χ1) is 6.07. The van der Waals surface area contributed by atoms with Gasteiger partial charge in [0.15, 0.2) is 17.4 Å². The summed E-state index contributed by atoms with van der Waals surface area (Å²) in [6.07, 6.45) is 0. The summed E-state index contributed by atoms with van der Waals surface area (Å²) < 4.78 is 30.9. The van der Waals surface area contributed by atoms with Crippen LogP contribution in [-0.4, -0.2) is 11.7 Å². The van der Waals surface area contributed by atoms with E-state index in [1.807, 2.05) is 0 Å². The summed E-state index contributed by atoms with van der Waals surface area (Å²) in [5.74, 6) is -2.57. The van der Waals surface area contributed by atoms with E-state index in [0.717, 1.165) is 6.07 Å². The van der Waals surface area contributed by atoms with Gasteiger partial charge < -0.3 is 9.84 Å². The third-order valence-electron chi connectivity index (χ3n) is 1.68. The van der Waals surface area contributed by atoms with Crippen molar-refractivity contribution in [2.75, 3.05) is 6.61 Å². The molecule has 0 spiro atoms. The fourth-order valence-corrected chi connectivity index (χ4v) is 0.958. The van der Waals surface area contributed by atoms with Gasteiger partial charge in [0, 0.05) is 11.6 Å². The number of hydrogen-bond donors (Lipinski definition) is 1. The number of hydrogen-bond acceptors (Lipinski definition) is 2. The fraction of sp³-hybridized carbons (Fsp3) is 0.333. The Morgan fingerprint density at radius 1 is 1.46 bits per heavy atom. The molecule has 0 aliphatic carbocycles. The predicted octanol–water partition coefficient (Wildman–Crippen LogP) is 2.38. The molecule has 1 aromatic carbocycles. The van der Waals surface area contributed by atoms with E-state index in [2.05, 4.69) is 0 Å². The fourth-order valence-electron chi connectivity index (χ4n) is 0.958. The molecule has 1 N–H and O–H groups in total. The minimum atomic E-state index is -0.887. The van der Waals surface area contributed by atoms with Crippen LogP contribution in [0.25, 0.3) is 0 Å². The van der Waals surface area contributed by atoms with Gasteiger partial charge in [-0.2, -0.15) is 0 Å². The highest BCUT2D eigenvalue weighted by atomic mass is 19.1. The van der Waals surface area contributed by atoms with Crippen LogP contribution in [0, 0.1) is 18.6 Å². The van der Waals surface area contributed by atoms with Crippen LogP contribution in [0.15, 0.2) is 6.07 Å². The van der Waals surface area contributed by atoms with Gasteiger partial charge in [0.25, 0.3) is 0 Å². The molecule has 0 aliphatic rings. The number of rotatable bonds is 2. The Hall–Kier alpha value is -1.32. The van der Waals surface area contributed by atoms with Crippen molar-refractivity contribution >= 4 is 0 Å². The van der Waals surface area contributed by atoms with E-state index in [-0.39, 0.29) is 12.2 Å². The maximum atomic E-state index is 13.2. The number of phenols is 1. The summed E-state index contributed by atoms with van der Waals surface area (Å²) in [7, 11) is 0. The largest absolute Gasteiger partial charge is 0.507 e. The predicted molar refractivity (Wildman–Crippen MR) is 43.9 cm³/mol. The smallest absolute Gasteiger partial charge is 0.191 e. The lowest BCUT2D eigenvalue weighted by atomic mass is 10.2. The highest BCUT2D eigenvalue weighted by Gasteiger charge is 2.16. The molecule has 1 aromatic rings. The molecule has 0 radical (unpaired) electrons. The molecule has 0 aliphatic heterocycles. The first-order valence-corrected chi connectivity index (χ1v) is 3.88. The molecule has 0 atom stereocenters. The van der Waals surface area contributed by atoms with E-state index in [4.69, 9.17) is 9.84 Å². The summed E-state index contributed by atoms with van der Waals surface area (Å²) in [5.41, 5.74) is -0.00940. The quantitative estimate of drug-likeness (QED) is 0.772. The Kier molecular flexibility index (Phi) is 2.70. The third kappa shape index (κ3) is 1.71. The van der Waals surface area contributed by atoms with Crippen LogP contribution in [0.5, 0.6) is 11.5 Å². The number of ether oxygens (including phenoxy) is 1. The minimum absolute atomic E-state index is 0.00940. The van der Waals surface area contributed by atoms with Gasteiger partial charge in [0.2, 0.25) is 0 Å². The van der Waals surface area contributed by atoms with Gasteiger partial charge in [-0.15, -0.1) is 0 Å². The van der Waals surface area contributed by atoms with E-state index >= 15 is 0 Å². The zero-order chi connectivity index (χ0) is 10.0. The number of halogens is 2. The van der Waals surface area contributed by atoms with Crippen molar-refractivity contribution in [2.45, 2.75) is 13.8 Å². The Morgan fingerprint density at radius 3 is 2.62 bits per heavy atom. The number of benzene rings is 1. The molecule has 0 bridgehead atoms. The maximum Gasteiger partial charge on any atom is 0.191 e. The molecular formula is C9H10F2O2. The molecule has 0 aromatic heterocycles. The molecule has 13 heavy (non-hydrogen) atoms. The van der Waals surface area contributed by atoms with Gasteiger partial charge in [0.1, 0.15) is 5.75 Å². The molecule has 0 saturated heterocycles. The van der Waals surface area contributed by atoms with Crippen molar-refractivity contribution in [1.29, 1.82) is 0 Å². The average Bonchev–Trinajstić information content (AvgIpc) is 2.09. The zero-order valence-corrected chi connectivity index (χ0v) is 7.40. The van der Waals surface area contributed by atoms with Crippen LogP contribution in [0.3, 0.4) is 0 Å². The Balaban J connectivity index is 3.26. The molecule has 0 heterocycles. The lowest BCUT2D eigenvalue weighted by Crippen LogP contribution is -1.99. The van der Waals surface area contributed by atoms with Crippen LogP contribution in [-0.2, 0) is 0 Å². The van der Waals surface area contributed by atoms with Crippen LogP contribution in [0.1, 0.15) is 12.5 Å². The normalized spacial score (nSPS) is 10.2. The van der Waals surface area contributed by atoms with Crippen LogP contribution in [0.2, 0.25) is 0 Å². The molecule has 0 unspecified atom stereocenters. The minimum Gasteiger partial charge on any atom is -0.507 e. The van der Waals surface area contributed by atoms with E-state index in [9.17, 15) is 8.78 Å². The SMILES string of the molecule is CCOc1c(F)cc(O)c(C)c1F. The summed E-state index contributed by atoms with van der Waals surface area (Å²) in [6.45, 7) is 3.16. The molecule has 1 rings (SSSR count). The molecular weight excluding hydrogens is 178 g/mol. The zero-order valence-electron chi connectivity index (χ0n) is 7.40. The molecule has 2 nitrogen and oxygen atoms in total. The van der Waals surface area contributed by atoms with E-state index < -0.39 is 23.1 Å². The maximum absolute atomic E-state index is 13.2. The number of phenolic OH excluding ortho intramolecular Hbond substituents is 1. The van der Waals surface area contributed by atoms with Crippen LogP contribution < -0.4 is 4.74 Å². The van der Waals surface area contributed by atoms with E-state index in [1.165, 1.54) is 6.92 Å². The highest BCUT2D eigenvalue weighted by molar-refractivity contribution is 5.41. The standard InChI is InChI=1S/C9H10F2O2/c1-3-13-9-6(10)4-7(12)5(2)8(9)11/h4,12H,3H2,1-2H3. The monoisotopic (exact) mass is 188 g/mol. The second-order valence-corrected chi connectivity index (χ2v) is 2.58. The van der Waals surface area contributed by atoms with Gasteiger partial charge >= 0.3 is 0 Å².